The lowest BCUT2D eigenvalue weighted by atomic mass is 9.49. The summed E-state index contributed by atoms with van der Waals surface area (Å²) in [4.78, 5) is 37.8. The van der Waals surface area contributed by atoms with Crippen molar-refractivity contribution in [2.24, 2.45) is 17.3 Å². The number of fused-ring (bicyclic) bond motifs is 3. The first kappa shape index (κ1) is 18.7. The van der Waals surface area contributed by atoms with E-state index in [1.54, 1.807) is 32.9 Å². The largest absolute Gasteiger partial charge is 0.454 e. The van der Waals surface area contributed by atoms with E-state index in [0.717, 1.165) is 0 Å². The summed E-state index contributed by atoms with van der Waals surface area (Å²) in [7, 11) is 0. The van der Waals surface area contributed by atoms with Gasteiger partial charge in [0, 0.05) is 34.6 Å². The predicted octanol–water partition coefficient (Wildman–Crippen LogP) is 1.73. The molecule has 7 nitrogen and oxygen atoms in total. The van der Waals surface area contributed by atoms with E-state index in [9.17, 15) is 19.5 Å². The first-order valence-electron chi connectivity index (χ1n) is 9.21. The summed E-state index contributed by atoms with van der Waals surface area (Å²) in [6.07, 6.45) is 4.21. The average molecular weight is 386 g/mol. The van der Waals surface area contributed by atoms with E-state index in [1.807, 2.05) is 0 Å². The molecule has 7 heteroatoms. The molecule has 0 spiro atoms. The fraction of sp³-hybridized carbons (Fsp3) is 0.476. The topological polar surface area (TPSA) is 99.1 Å². The van der Waals surface area contributed by atoms with Gasteiger partial charge in [-0.2, -0.15) is 0 Å². The van der Waals surface area contributed by atoms with Gasteiger partial charge in [0.2, 0.25) is 0 Å². The maximum Gasteiger partial charge on any atom is 0.336 e. The van der Waals surface area contributed by atoms with Gasteiger partial charge in [-0.1, -0.05) is 12.7 Å². The Balaban J connectivity index is 1.90. The number of aliphatic hydroxyl groups is 1. The van der Waals surface area contributed by atoms with Crippen LogP contribution in [0.1, 0.15) is 27.2 Å². The van der Waals surface area contributed by atoms with E-state index in [0.29, 0.717) is 17.6 Å². The number of carbonyl (C=O) groups excluding carboxylic acids is 3. The molecule has 4 aliphatic rings. The summed E-state index contributed by atoms with van der Waals surface area (Å²) in [6, 6.07) is 0. The van der Waals surface area contributed by atoms with Crippen molar-refractivity contribution < 1.29 is 33.7 Å². The van der Waals surface area contributed by atoms with E-state index >= 15 is 0 Å². The number of ether oxygens (including phenoxy) is 3. The van der Waals surface area contributed by atoms with Gasteiger partial charge in [0.25, 0.3) is 5.79 Å². The van der Waals surface area contributed by atoms with Crippen LogP contribution in [0.4, 0.5) is 0 Å². The summed E-state index contributed by atoms with van der Waals surface area (Å²) < 4.78 is 17.4. The van der Waals surface area contributed by atoms with E-state index in [1.165, 1.54) is 6.08 Å². The Morgan fingerprint density at radius 1 is 1.46 bits per heavy atom. The highest BCUT2D eigenvalue weighted by Crippen LogP contribution is 2.66. The minimum absolute atomic E-state index is 0.132. The molecule has 1 saturated carbocycles. The number of aliphatic hydroxyl groups excluding tert-OH is 1. The zero-order chi connectivity index (χ0) is 20.4. The highest BCUT2D eigenvalue weighted by Gasteiger charge is 2.76. The minimum Gasteiger partial charge on any atom is -0.454 e. The molecule has 0 radical (unpaired) electrons. The average Bonchev–Trinajstić information content (AvgIpc) is 2.93. The molecular weight excluding hydrogens is 364 g/mol. The van der Waals surface area contributed by atoms with Crippen molar-refractivity contribution in [1.29, 1.82) is 0 Å². The molecule has 4 rings (SSSR count). The minimum atomic E-state index is -1.59. The van der Waals surface area contributed by atoms with Gasteiger partial charge in [0.1, 0.15) is 17.3 Å². The standard InChI is InChI=1S/C21H22O7/c1-5-10(2)18(24)28-21-13-8-20(21,4)16(23)7-14(27-21)12(9-22)6-15-17(13)11(3)19(25)26-15/h5-7,13,15,17,22H,3,8-9H2,1-2,4H3/b10-5-,12-6-/t13-,15-,17+,20+,21-/m0/s1. The Labute approximate surface area is 162 Å². The van der Waals surface area contributed by atoms with Crippen molar-refractivity contribution in [3.8, 4) is 0 Å². The molecular formula is C21H22O7. The van der Waals surface area contributed by atoms with Crippen LogP contribution < -0.4 is 0 Å². The van der Waals surface area contributed by atoms with E-state index in [4.69, 9.17) is 14.2 Å². The monoisotopic (exact) mass is 386 g/mol. The molecule has 28 heavy (non-hydrogen) atoms. The molecule has 1 saturated heterocycles. The fourth-order valence-corrected chi connectivity index (χ4v) is 4.62. The Bertz CT molecular complexity index is 908. The normalized spacial score (nSPS) is 40.6. The second-order valence-electron chi connectivity index (χ2n) is 7.92. The van der Waals surface area contributed by atoms with Crippen molar-refractivity contribution in [3.05, 3.63) is 47.3 Å². The van der Waals surface area contributed by atoms with E-state index < -0.39 is 47.7 Å². The predicted molar refractivity (Wildman–Crippen MR) is 96.3 cm³/mol. The molecule has 0 aromatic rings. The first-order chi connectivity index (χ1) is 13.2. The molecule has 3 heterocycles. The summed E-state index contributed by atoms with van der Waals surface area (Å²) in [6.45, 7) is 8.44. The fourth-order valence-electron chi connectivity index (χ4n) is 4.62. The Hall–Kier alpha value is -2.67. The van der Waals surface area contributed by atoms with Gasteiger partial charge in [-0.25, -0.2) is 9.59 Å². The lowest BCUT2D eigenvalue weighted by molar-refractivity contribution is -0.346. The third-order valence-corrected chi connectivity index (χ3v) is 6.50. The maximum absolute atomic E-state index is 13.0. The summed E-state index contributed by atoms with van der Waals surface area (Å²) in [5.74, 6) is -3.86. The third kappa shape index (κ3) is 2.16. The van der Waals surface area contributed by atoms with Gasteiger partial charge in [0.15, 0.2) is 5.78 Å². The van der Waals surface area contributed by atoms with Gasteiger partial charge in [-0.3, -0.25) is 4.79 Å². The van der Waals surface area contributed by atoms with Crippen LogP contribution in [0.3, 0.4) is 0 Å². The zero-order valence-electron chi connectivity index (χ0n) is 16.0. The maximum atomic E-state index is 13.0. The third-order valence-electron chi connectivity index (χ3n) is 6.50. The second kappa shape index (κ2) is 5.91. The van der Waals surface area contributed by atoms with Crippen molar-refractivity contribution >= 4 is 17.7 Å². The Kier molecular flexibility index (Phi) is 3.94. The molecule has 0 amide bonds. The Morgan fingerprint density at radius 2 is 2.18 bits per heavy atom. The van der Waals surface area contributed by atoms with Crippen LogP contribution in [-0.2, 0) is 28.6 Å². The van der Waals surface area contributed by atoms with Crippen LogP contribution in [0, 0.1) is 17.3 Å². The number of hydrogen-bond donors (Lipinski definition) is 1. The van der Waals surface area contributed by atoms with Crippen LogP contribution in [0.5, 0.6) is 0 Å². The number of allylic oxidation sites excluding steroid dienone is 2. The van der Waals surface area contributed by atoms with Crippen molar-refractivity contribution in [2.45, 2.75) is 39.1 Å². The summed E-state index contributed by atoms with van der Waals surface area (Å²) in [5, 5.41) is 9.81. The van der Waals surface area contributed by atoms with Crippen molar-refractivity contribution in [3.63, 3.8) is 0 Å². The van der Waals surface area contributed by atoms with E-state index in [2.05, 4.69) is 6.58 Å². The quantitative estimate of drug-likeness (QED) is 0.582. The van der Waals surface area contributed by atoms with Crippen LogP contribution in [0.25, 0.3) is 0 Å². The van der Waals surface area contributed by atoms with Crippen molar-refractivity contribution in [2.75, 3.05) is 6.61 Å². The van der Waals surface area contributed by atoms with Crippen LogP contribution >= 0.6 is 0 Å². The summed E-state index contributed by atoms with van der Waals surface area (Å²) in [5.41, 5.74) is -0.174. The number of esters is 2. The van der Waals surface area contributed by atoms with Crippen LogP contribution in [-0.4, -0.2) is 41.3 Å². The van der Waals surface area contributed by atoms with E-state index in [-0.39, 0.29) is 17.1 Å². The smallest absolute Gasteiger partial charge is 0.336 e. The molecule has 1 aliphatic carbocycles. The molecule has 0 aromatic carbocycles. The number of hydrogen-bond acceptors (Lipinski definition) is 7. The molecule has 148 valence electrons. The molecule has 3 aliphatic heterocycles. The first-order valence-corrected chi connectivity index (χ1v) is 9.21. The number of carbonyl (C=O) groups is 3. The zero-order valence-corrected chi connectivity index (χ0v) is 16.0. The van der Waals surface area contributed by atoms with Crippen LogP contribution in [0.15, 0.2) is 47.3 Å². The van der Waals surface area contributed by atoms with Crippen LogP contribution in [0.2, 0.25) is 0 Å². The van der Waals surface area contributed by atoms with Gasteiger partial charge >= 0.3 is 11.9 Å². The molecule has 2 bridgehead atoms. The number of ketones is 1. The molecule has 0 unspecified atom stereocenters. The molecule has 1 N–H and O–H groups in total. The summed E-state index contributed by atoms with van der Waals surface area (Å²) >= 11 is 0. The van der Waals surface area contributed by atoms with Gasteiger partial charge in [-0.05, 0) is 33.3 Å². The SMILES string of the molecule is C=C1C(=O)O[C@H]2/C=C(/CO)C3=CC(=O)[C@@]4(C)C[C@@H]([C@@H]12)[C@@]4(OC(=O)/C(C)=C\C)O3. The molecule has 0 aromatic heterocycles. The lowest BCUT2D eigenvalue weighted by Gasteiger charge is -2.62. The molecule has 5 atom stereocenters. The van der Waals surface area contributed by atoms with Gasteiger partial charge in [0.05, 0.1) is 6.61 Å². The molecule has 2 fully saturated rings. The highest BCUT2D eigenvalue weighted by molar-refractivity contribution is 6.00. The van der Waals surface area contributed by atoms with Gasteiger partial charge < -0.3 is 19.3 Å². The second-order valence-corrected chi connectivity index (χ2v) is 7.92. The Morgan fingerprint density at radius 3 is 2.82 bits per heavy atom. The number of rotatable bonds is 3. The lowest BCUT2D eigenvalue weighted by Crippen LogP contribution is -2.73. The van der Waals surface area contributed by atoms with Gasteiger partial charge in [-0.15, -0.1) is 0 Å². The highest BCUT2D eigenvalue weighted by atomic mass is 16.7. The van der Waals surface area contributed by atoms with Crippen molar-refractivity contribution in [1.82, 2.24) is 0 Å².